The predicted molar refractivity (Wildman–Crippen MR) is 40.9 cm³/mol. The Morgan fingerprint density at radius 1 is 1.75 bits per heavy atom. The summed E-state index contributed by atoms with van der Waals surface area (Å²) in [5.74, 6) is -1.60. The van der Waals surface area contributed by atoms with Crippen molar-refractivity contribution >= 4 is 21.8 Å². The number of amides is 1. The van der Waals surface area contributed by atoms with Crippen molar-refractivity contribution in [2.75, 3.05) is 11.9 Å². The third-order valence-electron chi connectivity index (χ3n) is 0.824. The van der Waals surface area contributed by atoms with E-state index in [1.165, 1.54) is 0 Å². The van der Waals surface area contributed by atoms with Crippen molar-refractivity contribution in [3.8, 4) is 0 Å². The Morgan fingerprint density at radius 2 is 2.33 bits per heavy atom. The molecule has 5 nitrogen and oxygen atoms in total. The normalized spacial score (nSPS) is 10.2. The molecule has 0 fully saturated rings. The van der Waals surface area contributed by atoms with Crippen LogP contribution in [-0.4, -0.2) is 23.8 Å². The molecule has 0 aliphatic heterocycles. The molecule has 1 N–H and O–H groups in total. The van der Waals surface area contributed by atoms with Crippen LogP contribution in [0.15, 0.2) is 5.11 Å². The molecule has 0 saturated carbocycles. The number of halogens is 3. The monoisotopic (exact) mass is 242 g/mol. The molecule has 0 atom stereocenters. The lowest BCUT2D eigenvalue weighted by Gasteiger charge is -2.08. The van der Waals surface area contributed by atoms with Gasteiger partial charge in [0.1, 0.15) is 0 Å². The van der Waals surface area contributed by atoms with Crippen LogP contribution >= 0.6 is 15.9 Å². The van der Waals surface area contributed by atoms with Crippen molar-refractivity contribution in [1.82, 2.24) is 5.32 Å². The lowest BCUT2D eigenvalue weighted by molar-refractivity contribution is -0.144. The number of nitrogens with zero attached hydrogens (tertiary/aromatic N) is 3. The predicted octanol–water partition coefficient (Wildman–Crippen LogP) is 1.40. The Kier molecular flexibility index (Phi) is 4.53. The first kappa shape index (κ1) is 11.1. The van der Waals surface area contributed by atoms with Gasteiger partial charge in [-0.1, -0.05) is 15.9 Å². The zero-order valence-electron chi connectivity index (χ0n) is 5.80. The molecule has 0 bridgehead atoms. The fourth-order valence-electron chi connectivity index (χ4n) is 0.369. The van der Waals surface area contributed by atoms with Gasteiger partial charge in [0.25, 0.3) is 5.91 Å². The molecular formula is C4H5BrF2N4O. The van der Waals surface area contributed by atoms with Gasteiger partial charge in [-0.3, -0.25) is 4.79 Å². The molecule has 68 valence electrons. The summed E-state index contributed by atoms with van der Waals surface area (Å²) in [7, 11) is 0. The average molecular weight is 243 g/mol. The van der Waals surface area contributed by atoms with E-state index in [2.05, 4.69) is 15.9 Å². The highest BCUT2D eigenvalue weighted by molar-refractivity contribution is 9.09. The van der Waals surface area contributed by atoms with Gasteiger partial charge in [-0.25, -0.2) is 0 Å². The van der Waals surface area contributed by atoms with Crippen LogP contribution in [0.4, 0.5) is 8.78 Å². The summed E-state index contributed by atoms with van der Waals surface area (Å²) >= 11 is 2.92. The van der Waals surface area contributed by atoms with Crippen LogP contribution in [0.3, 0.4) is 0 Å². The highest BCUT2D eigenvalue weighted by Crippen LogP contribution is 2.14. The van der Waals surface area contributed by atoms with Gasteiger partial charge in [0.15, 0.2) is 0 Å². The molecule has 0 aliphatic rings. The topological polar surface area (TPSA) is 77.9 Å². The Bertz CT molecular complexity index is 215. The quantitative estimate of drug-likeness (QED) is 0.261. The Labute approximate surface area is 74.9 Å². The van der Waals surface area contributed by atoms with Gasteiger partial charge in [-0.15, -0.1) is 0 Å². The van der Waals surface area contributed by atoms with Crippen molar-refractivity contribution in [3.63, 3.8) is 0 Å². The molecule has 0 aromatic rings. The molecule has 0 unspecified atom stereocenters. The number of nitrogens with one attached hydrogen (secondary N) is 1. The number of rotatable bonds is 4. The second-order valence-corrected chi connectivity index (χ2v) is 2.47. The van der Waals surface area contributed by atoms with Crippen LogP contribution in [0, 0.1) is 0 Å². The first-order chi connectivity index (χ1) is 5.54. The number of hydrogen-bond donors (Lipinski definition) is 1. The maximum Gasteiger partial charge on any atom is 0.401 e. The van der Waals surface area contributed by atoms with Crippen LogP contribution < -0.4 is 5.32 Å². The average Bonchev–Trinajstić information content (AvgIpc) is 2.00. The van der Waals surface area contributed by atoms with Gasteiger partial charge in [-0.2, -0.15) is 8.78 Å². The second kappa shape index (κ2) is 4.89. The van der Waals surface area contributed by atoms with E-state index in [1.807, 2.05) is 15.3 Å². The molecule has 1 amide bonds. The van der Waals surface area contributed by atoms with Gasteiger partial charge in [0.2, 0.25) is 0 Å². The van der Waals surface area contributed by atoms with Crippen molar-refractivity contribution in [3.05, 3.63) is 10.4 Å². The van der Waals surface area contributed by atoms with Crippen LogP contribution in [0.1, 0.15) is 0 Å². The van der Waals surface area contributed by atoms with E-state index in [0.717, 1.165) is 0 Å². The molecule has 12 heavy (non-hydrogen) atoms. The van der Waals surface area contributed by atoms with Gasteiger partial charge in [0.05, 0.1) is 0 Å². The zero-order chi connectivity index (χ0) is 9.61. The van der Waals surface area contributed by atoms with Crippen molar-refractivity contribution in [2.45, 2.75) is 6.05 Å². The van der Waals surface area contributed by atoms with E-state index < -0.39 is 12.0 Å². The van der Waals surface area contributed by atoms with E-state index in [4.69, 9.17) is 5.53 Å². The molecule has 0 rings (SSSR count). The zero-order valence-corrected chi connectivity index (χ0v) is 7.38. The van der Waals surface area contributed by atoms with Gasteiger partial charge in [-0.05, 0) is 10.6 Å². The molecule has 0 aromatic carbocycles. The van der Waals surface area contributed by atoms with Crippen LogP contribution in [0.25, 0.3) is 10.4 Å². The first-order valence-electron chi connectivity index (χ1n) is 2.83. The lowest BCUT2D eigenvalue weighted by atomic mass is 10.5. The number of carbonyl (C=O) groups excluding carboxylic acids is 1. The van der Waals surface area contributed by atoms with Crippen LogP contribution in [-0.2, 0) is 4.79 Å². The summed E-state index contributed by atoms with van der Waals surface area (Å²) in [5.41, 5.74) is 7.67. The fourth-order valence-corrected chi connectivity index (χ4v) is 0.567. The van der Waals surface area contributed by atoms with E-state index in [-0.39, 0.29) is 6.54 Å². The molecule has 0 aliphatic carbocycles. The van der Waals surface area contributed by atoms with E-state index in [1.54, 1.807) is 0 Å². The van der Waals surface area contributed by atoms with Crippen LogP contribution in [0.5, 0.6) is 0 Å². The Balaban J connectivity index is 4.15. The van der Waals surface area contributed by atoms with E-state index >= 15 is 0 Å². The summed E-state index contributed by atoms with van der Waals surface area (Å²) < 4.78 is 24.6. The molecule has 0 heterocycles. The summed E-state index contributed by atoms with van der Waals surface area (Å²) in [5, 5.41) is 4.24. The minimum atomic E-state index is -4.00. The number of azide groups is 1. The van der Waals surface area contributed by atoms with Gasteiger partial charge < -0.3 is 5.32 Å². The second-order valence-electron chi connectivity index (χ2n) is 1.68. The Hall–Kier alpha value is -0.880. The number of alkyl halides is 3. The Morgan fingerprint density at radius 3 is 2.75 bits per heavy atom. The third-order valence-corrected chi connectivity index (χ3v) is 1.22. The van der Waals surface area contributed by atoms with Gasteiger partial charge in [0, 0.05) is 16.8 Å². The minimum Gasteiger partial charge on any atom is -0.350 e. The summed E-state index contributed by atoms with van der Waals surface area (Å²) in [4.78, 5) is 12.3. The fraction of sp³-hybridized carbons (Fsp3) is 0.750. The van der Waals surface area contributed by atoms with Crippen molar-refractivity contribution < 1.29 is 13.6 Å². The van der Waals surface area contributed by atoms with Crippen molar-refractivity contribution in [1.29, 1.82) is 0 Å². The molecule has 0 saturated heterocycles. The number of carbonyl (C=O) groups is 1. The molecular weight excluding hydrogens is 238 g/mol. The SMILES string of the molecule is [N-]=[N+]=NC(F)(F)C(=O)NCCBr. The van der Waals surface area contributed by atoms with Crippen molar-refractivity contribution in [2.24, 2.45) is 5.11 Å². The standard InChI is InChI=1S/C4H5BrF2N4O/c5-1-2-9-3(12)4(6,7)10-11-8/h1-2H2,(H,9,12). The highest BCUT2D eigenvalue weighted by atomic mass is 79.9. The maximum absolute atomic E-state index is 12.3. The molecule has 0 aromatic heterocycles. The van der Waals surface area contributed by atoms with Crippen LogP contribution in [0.2, 0.25) is 0 Å². The smallest absolute Gasteiger partial charge is 0.350 e. The third kappa shape index (κ3) is 3.49. The number of hydrogen-bond acceptors (Lipinski definition) is 2. The first-order valence-corrected chi connectivity index (χ1v) is 3.95. The summed E-state index contributed by atoms with van der Waals surface area (Å²) in [6.07, 6.45) is 0. The highest BCUT2D eigenvalue weighted by Gasteiger charge is 2.37. The molecule has 0 radical (unpaired) electrons. The minimum absolute atomic E-state index is 0.0510. The maximum atomic E-state index is 12.3. The van der Waals surface area contributed by atoms with E-state index in [0.29, 0.717) is 5.33 Å². The lowest BCUT2D eigenvalue weighted by Crippen LogP contribution is -2.39. The summed E-state index contributed by atoms with van der Waals surface area (Å²) in [6.45, 7) is 0.0510. The molecule has 8 heteroatoms. The summed E-state index contributed by atoms with van der Waals surface area (Å²) in [6, 6.07) is -4.00. The largest absolute Gasteiger partial charge is 0.401 e. The van der Waals surface area contributed by atoms with E-state index in [9.17, 15) is 13.6 Å². The molecule has 0 spiro atoms. The van der Waals surface area contributed by atoms with Gasteiger partial charge >= 0.3 is 6.05 Å².